The molecular weight excluding hydrogens is 334 g/mol. The highest BCUT2D eigenvalue weighted by Gasteiger charge is 2.45. The van der Waals surface area contributed by atoms with Crippen LogP contribution in [0.2, 0.25) is 0 Å². The number of hydrogen-bond acceptors (Lipinski definition) is 4. The van der Waals surface area contributed by atoms with Crippen LogP contribution in [0.15, 0.2) is 0 Å². The number of amides is 1. The first-order valence-electron chi connectivity index (χ1n) is 9.99. The van der Waals surface area contributed by atoms with Gasteiger partial charge in [-0.1, -0.05) is 52.4 Å². The van der Waals surface area contributed by atoms with E-state index >= 15 is 0 Å². The third-order valence-corrected chi connectivity index (χ3v) is 5.93. The van der Waals surface area contributed by atoms with Crippen LogP contribution in [-0.4, -0.2) is 52.4 Å². The van der Waals surface area contributed by atoms with Gasteiger partial charge in [0, 0.05) is 0 Å². The first-order valence-corrected chi connectivity index (χ1v) is 11.4. The van der Waals surface area contributed by atoms with E-state index in [0.717, 1.165) is 25.0 Å². The summed E-state index contributed by atoms with van der Waals surface area (Å²) in [6.07, 6.45) is 10.4. The van der Waals surface area contributed by atoms with Crippen LogP contribution in [0.4, 0.5) is 0 Å². The Balaban J connectivity index is 2.51. The van der Waals surface area contributed by atoms with Crippen LogP contribution in [0.3, 0.4) is 0 Å². The summed E-state index contributed by atoms with van der Waals surface area (Å²) in [6.45, 7) is 8.59. The average molecular weight is 374 g/mol. The largest absolute Gasteiger partial charge is 0.392 e. The molecule has 1 saturated heterocycles. The minimum atomic E-state index is -0.575. The fraction of sp³-hybridized carbons (Fsp3) is 0.950. The van der Waals surface area contributed by atoms with E-state index in [0.29, 0.717) is 13.0 Å². The van der Waals surface area contributed by atoms with Crippen LogP contribution in [-0.2, 0) is 9.53 Å². The number of hydrogen-bond donors (Lipinski definition) is 1. The van der Waals surface area contributed by atoms with Crippen LogP contribution in [0.1, 0.15) is 79.1 Å². The summed E-state index contributed by atoms with van der Waals surface area (Å²) in [6, 6.07) is 0.124. The van der Waals surface area contributed by atoms with Gasteiger partial charge in [-0.15, -0.1) is 0 Å². The fourth-order valence-corrected chi connectivity index (χ4v) is 4.07. The van der Waals surface area contributed by atoms with Crippen molar-refractivity contribution in [3.05, 3.63) is 0 Å². The lowest BCUT2D eigenvalue weighted by Gasteiger charge is -2.36. The van der Waals surface area contributed by atoms with Gasteiger partial charge in [0.15, 0.2) is 0 Å². The Morgan fingerprint density at radius 2 is 1.92 bits per heavy atom. The van der Waals surface area contributed by atoms with Crippen LogP contribution in [0, 0.1) is 5.92 Å². The predicted octanol–water partition coefficient (Wildman–Crippen LogP) is 4.45. The maximum Gasteiger partial charge on any atom is 0.230 e. The van der Waals surface area contributed by atoms with E-state index in [4.69, 9.17) is 4.74 Å². The van der Waals surface area contributed by atoms with Gasteiger partial charge in [-0.05, 0) is 38.7 Å². The van der Waals surface area contributed by atoms with Crippen LogP contribution in [0.5, 0.6) is 0 Å². The van der Waals surface area contributed by atoms with Crippen molar-refractivity contribution in [1.29, 1.82) is 0 Å². The molecule has 0 aromatic rings. The molecule has 1 N–H and O–H groups in total. The zero-order valence-corrected chi connectivity index (χ0v) is 17.7. The maximum atomic E-state index is 13.0. The van der Waals surface area contributed by atoms with E-state index in [-0.39, 0.29) is 17.9 Å². The first kappa shape index (κ1) is 22.8. The minimum Gasteiger partial charge on any atom is -0.392 e. The van der Waals surface area contributed by atoms with Crippen molar-refractivity contribution in [2.45, 2.75) is 96.9 Å². The first-order chi connectivity index (χ1) is 11.8. The normalized spacial score (nSPS) is 22.2. The molecular formula is C20H39NO3S. The Labute approximate surface area is 159 Å². The molecule has 0 unspecified atom stereocenters. The summed E-state index contributed by atoms with van der Waals surface area (Å²) in [7, 11) is 0. The Bertz CT molecular complexity index is 389. The Hall–Kier alpha value is -0.260. The lowest BCUT2D eigenvalue weighted by atomic mass is 9.95. The summed E-state index contributed by atoms with van der Waals surface area (Å²) < 4.78 is 5.86. The predicted molar refractivity (Wildman–Crippen MR) is 107 cm³/mol. The monoisotopic (exact) mass is 373 g/mol. The number of ether oxygens (including phenoxy) is 1. The van der Waals surface area contributed by atoms with Crippen molar-refractivity contribution in [2.75, 3.05) is 18.6 Å². The quantitative estimate of drug-likeness (QED) is 0.514. The molecule has 1 fully saturated rings. The van der Waals surface area contributed by atoms with Crippen molar-refractivity contribution in [1.82, 2.24) is 4.90 Å². The smallest absolute Gasteiger partial charge is 0.230 e. The molecule has 0 aromatic heterocycles. The molecule has 0 aliphatic carbocycles. The Kier molecular flexibility index (Phi) is 10.4. The summed E-state index contributed by atoms with van der Waals surface area (Å²) >= 11 is 1.79. The van der Waals surface area contributed by atoms with Gasteiger partial charge in [0.2, 0.25) is 5.91 Å². The molecule has 4 nitrogen and oxygen atoms in total. The molecule has 25 heavy (non-hydrogen) atoms. The summed E-state index contributed by atoms with van der Waals surface area (Å²) in [4.78, 5) is 14.9. The van der Waals surface area contributed by atoms with E-state index in [2.05, 4.69) is 13.2 Å². The number of thioether (sulfide) groups is 1. The Morgan fingerprint density at radius 1 is 1.28 bits per heavy atom. The number of rotatable bonds is 12. The average Bonchev–Trinajstić information content (AvgIpc) is 2.88. The number of aliphatic hydroxyl groups excluding tert-OH is 1. The van der Waals surface area contributed by atoms with Crippen molar-refractivity contribution in [2.24, 2.45) is 5.92 Å². The van der Waals surface area contributed by atoms with Gasteiger partial charge in [0.1, 0.15) is 5.72 Å². The molecule has 0 saturated carbocycles. The second-order valence-electron chi connectivity index (χ2n) is 7.81. The summed E-state index contributed by atoms with van der Waals surface area (Å²) in [5, 5.41) is 10.5. The number of aliphatic hydroxyl groups is 1. The van der Waals surface area contributed by atoms with Gasteiger partial charge in [-0.25, -0.2) is 0 Å². The molecule has 1 amide bonds. The van der Waals surface area contributed by atoms with Gasteiger partial charge < -0.3 is 14.7 Å². The number of nitrogens with zero attached hydrogens (tertiary/aromatic N) is 1. The molecule has 0 radical (unpaired) electrons. The highest BCUT2D eigenvalue weighted by atomic mass is 32.2. The van der Waals surface area contributed by atoms with Crippen LogP contribution >= 0.6 is 11.8 Å². The molecule has 1 aliphatic rings. The van der Waals surface area contributed by atoms with E-state index in [1.54, 1.807) is 11.8 Å². The third-order valence-electron chi connectivity index (χ3n) is 5.29. The van der Waals surface area contributed by atoms with E-state index in [1.165, 1.54) is 25.7 Å². The van der Waals surface area contributed by atoms with Gasteiger partial charge in [0.25, 0.3) is 0 Å². The maximum absolute atomic E-state index is 13.0. The van der Waals surface area contributed by atoms with Crippen molar-refractivity contribution < 1.29 is 14.6 Å². The van der Waals surface area contributed by atoms with E-state index in [9.17, 15) is 9.90 Å². The highest BCUT2D eigenvalue weighted by molar-refractivity contribution is 7.98. The Morgan fingerprint density at radius 3 is 2.56 bits per heavy atom. The molecule has 1 rings (SSSR count). The molecule has 1 heterocycles. The standard InChI is InChI=1S/C20H39NO3S/c1-6-7-8-9-10-11-12-18(22)16(2)19(23)21-17(13-14-25-5)15-24-20(21,3)4/h16-18,22H,6-15H2,1-5H3/t16-,17+,18-/m1/s1. The SMILES string of the molecule is CCCCCCCC[C@@H](O)[C@@H](C)C(=O)N1[C@@H](CCSC)COC1(C)C. The molecule has 1 aliphatic heterocycles. The second-order valence-corrected chi connectivity index (χ2v) is 8.80. The molecule has 5 heteroatoms. The lowest BCUT2D eigenvalue weighted by molar-refractivity contribution is -0.153. The molecule has 0 spiro atoms. The minimum absolute atomic E-state index is 0.0343. The number of unbranched alkanes of at least 4 members (excludes halogenated alkanes) is 5. The molecule has 148 valence electrons. The highest BCUT2D eigenvalue weighted by Crippen LogP contribution is 2.32. The van der Waals surface area contributed by atoms with Gasteiger partial charge >= 0.3 is 0 Å². The van der Waals surface area contributed by atoms with Crippen LogP contribution < -0.4 is 0 Å². The molecule has 3 atom stereocenters. The van der Waals surface area contributed by atoms with Crippen LogP contribution in [0.25, 0.3) is 0 Å². The topological polar surface area (TPSA) is 49.8 Å². The molecule has 0 aromatic carbocycles. The van der Waals surface area contributed by atoms with Crippen molar-refractivity contribution in [3.63, 3.8) is 0 Å². The summed E-state index contributed by atoms with van der Waals surface area (Å²) in [5.41, 5.74) is -0.575. The fourth-order valence-electron chi connectivity index (χ4n) is 3.56. The van der Waals surface area contributed by atoms with Gasteiger partial charge in [0.05, 0.1) is 24.7 Å². The third kappa shape index (κ3) is 7.10. The number of carbonyl (C=O) groups excluding carboxylic acids is 1. The van der Waals surface area contributed by atoms with Crippen molar-refractivity contribution >= 4 is 17.7 Å². The van der Waals surface area contributed by atoms with E-state index in [1.807, 2.05) is 25.7 Å². The zero-order chi connectivity index (χ0) is 18.9. The lowest BCUT2D eigenvalue weighted by Crippen LogP contribution is -2.51. The number of carbonyl (C=O) groups is 1. The zero-order valence-electron chi connectivity index (χ0n) is 16.9. The van der Waals surface area contributed by atoms with Gasteiger partial charge in [-0.3, -0.25) is 4.79 Å². The van der Waals surface area contributed by atoms with Gasteiger partial charge in [-0.2, -0.15) is 11.8 Å². The summed E-state index contributed by atoms with van der Waals surface area (Å²) in [5.74, 6) is 0.684. The van der Waals surface area contributed by atoms with E-state index < -0.39 is 11.8 Å². The second kappa shape index (κ2) is 11.5. The molecule has 0 bridgehead atoms. The van der Waals surface area contributed by atoms with Crippen molar-refractivity contribution in [3.8, 4) is 0 Å².